The summed E-state index contributed by atoms with van der Waals surface area (Å²) in [6, 6.07) is 19.1. The molecule has 2 aromatic heterocycles. The first-order valence-electron chi connectivity index (χ1n) is 10.3. The third-order valence-corrected chi connectivity index (χ3v) is 6.71. The molecule has 1 amide bonds. The summed E-state index contributed by atoms with van der Waals surface area (Å²) < 4.78 is 1.86. The summed E-state index contributed by atoms with van der Waals surface area (Å²) >= 11 is 13.7. The molecule has 4 aromatic rings. The van der Waals surface area contributed by atoms with Crippen molar-refractivity contribution >= 4 is 40.9 Å². The van der Waals surface area contributed by atoms with E-state index in [2.05, 4.69) is 39.6 Å². The minimum absolute atomic E-state index is 0.0723. The van der Waals surface area contributed by atoms with Gasteiger partial charge in [-0.3, -0.25) is 14.3 Å². The second-order valence-electron chi connectivity index (χ2n) is 7.38. The van der Waals surface area contributed by atoms with Crippen LogP contribution in [0.1, 0.15) is 18.4 Å². The van der Waals surface area contributed by atoms with Gasteiger partial charge in [0.1, 0.15) is 0 Å². The normalized spacial score (nSPS) is 11.8. The maximum atomic E-state index is 12.5. The number of hydrogen-bond donors (Lipinski definition) is 1. The van der Waals surface area contributed by atoms with Gasteiger partial charge in [0.25, 0.3) is 0 Å². The van der Waals surface area contributed by atoms with Crippen molar-refractivity contribution in [2.75, 3.05) is 12.3 Å². The van der Waals surface area contributed by atoms with Crippen LogP contribution in [-0.2, 0) is 4.79 Å². The molecule has 0 bridgehead atoms. The Morgan fingerprint density at radius 2 is 1.79 bits per heavy atom. The van der Waals surface area contributed by atoms with Crippen LogP contribution in [0.5, 0.6) is 0 Å². The van der Waals surface area contributed by atoms with Crippen LogP contribution in [0.25, 0.3) is 17.1 Å². The zero-order chi connectivity index (χ0) is 23.2. The van der Waals surface area contributed by atoms with E-state index < -0.39 is 0 Å². The van der Waals surface area contributed by atoms with Gasteiger partial charge in [-0.25, -0.2) is 0 Å². The Hall–Kier alpha value is -2.87. The highest BCUT2D eigenvalue weighted by atomic mass is 35.5. The second kappa shape index (κ2) is 10.8. The van der Waals surface area contributed by atoms with E-state index in [4.69, 9.17) is 23.2 Å². The van der Waals surface area contributed by atoms with Crippen molar-refractivity contribution < 1.29 is 4.79 Å². The van der Waals surface area contributed by atoms with Gasteiger partial charge in [-0.05, 0) is 41.8 Å². The number of amides is 1. The van der Waals surface area contributed by atoms with Crippen molar-refractivity contribution in [2.45, 2.75) is 18.0 Å². The third kappa shape index (κ3) is 5.74. The van der Waals surface area contributed by atoms with Crippen LogP contribution < -0.4 is 5.32 Å². The van der Waals surface area contributed by atoms with Gasteiger partial charge in [0.2, 0.25) is 5.91 Å². The predicted molar refractivity (Wildman–Crippen MR) is 133 cm³/mol. The fraction of sp³-hybridized carbons (Fsp3) is 0.167. The van der Waals surface area contributed by atoms with Gasteiger partial charge >= 0.3 is 0 Å². The van der Waals surface area contributed by atoms with E-state index in [1.54, 1.807) is 24.5 Å². The number of thioether (sulfide) groups is 1. The van der Waals surface area contributed by atoms with E-state index in [1.165, 1.54) is 17.3 Å². The average Bonchev–Trinajstić information content (AvgIpc) is 3.28. The van der Waals surface area contributed by atoms with Crippen molar-refractivity contribution in [3.63, 3.8) is 0 Å². The van der Waals surface area contributed by atoms with Crippen molar-refractivity contribution in [1.29, 1.82) is 0 Å². The standard InChI is InChI=1S/C24H21Cl2N5OS/c1-16(17-5-3-2-4-6-17)14-28-22(32)15-33-24-30-29-23(18-9-11-27-12-10-18)31(24)19-7-8-20(25)21(26)13-19/h2-13,16H,14-15H2,1H3,(H,28,32)/t16-/m1/s1. The average molecular weight is 498 g/mol. The molecule has 2 aromatic carbocycles. The first kappa shape index (κ1) is 23.3. The van der Waals surface area contributed by atoms with E-state index in [1.807, 2.05) is 41.0 Å². The molecule has 6 nitrogen and oxygen atoms in total. The Balaban J connectivity index is 1.51. The molecule has 1 atom stereocenters. The first-order valence-corrected chi connectivity index (χ1v) is 12.0. The van der Waals surface area contributed by atoms with Gasteiger partial charge in [0.05, 0.1) is 21.5 Å². The van der Waals surface area contributed by atoms with Crippen molar-refractivity contribution in [3.8, 4) is 17.1 Å². The van der Waals surface area contributed by atoms with Crippen LogP contribution in [0, 0.1) is 0 Å². The molecule has 4 rings (SSSR count). The molecule has 168 valence electrons. The lowest BCUT2D eigenvalue weighted by Crippen LogP contribution is -2.29. The number of hydrogen-bond acceptors (Lipinski definition) is 5. The van der Waals surface area contributed by atoms with Crippen molar-refractivity contribution in [2.24, 2.45) is 0 Å². The summed E-state index contributed by atoms with van der Waals surface area (Å²) in [4.78, 5) is 16.6. The van der Waals surface area contributed by atoms with Gasteiger partial charge in [-0.2, -0.15) is 0 Å². The number of nitrogens with zero attached hydrogens (tertiary/aromatic N) is 4. The van der Waals surface area contributed by atoms with Crippen molar-refractivity contribution in [1.82, 2.24) is 25.1 Å². The van der Waals surface area contributed by atoms with Crippen LogP contribution in [-0.4, -0.2) is 38.0 Å². The minimum atomic E-state index is -0.0723. The number of nitrogens with one attached hydrogen (secondary N) is 1. The van der Waals surface area contributed by atoms with Crippen LogP contribution >= 0.6 is 35.0 Å². The molecule has 0 aliphatic rings. The third-order valence-electron chi connectivity index (χ3n) is 5.04. The van der Waals surface area contributed by atoms with Gasteiger partial charge in [-0.1, -0.05) is 72.2 Å². The highest BCUT2D eigenvalue weighted by molar-refractivity contribution is 7.99. The molecule has 9 heteroatoms. The number of rotatable bonds is 8. The maximum absolute atomic E-state index is 12.5. The fourth-order valence-electron chi connectivity index (χ4n) is 3.26. The van der Waals surface area contributed by atoms with Gasteiger partial charge in [-0.15, -0.1) is 10.2 Å². The van der Waals surface area contributed by atoms with E-state index in [0.29, 0.717) is 27.6 Å². The van der Waals surface area contributed by atoms with E-state index in [0.717, 1.165) is 11.3 Å². The highest BCUT2D eigenvalue weighted by Gasteiger charge is 2.18. The van der Waals surface area contributed by atoms with Crippen LogP contribution in [0.4, 0.5) is 0 Å². The molecule has 0 fully saturated rings. The number of benzene rings is 2. The van der Waals surface area contributed by atoms with Crippen LogP contribution in [0.3, 0.4) is 0 Å². The van der Waals surface area contributed by atoms with E-state index >= 15 is 0 Å². The first-order chi connectivity index (χ1) is 16.0. The topological polar surface area (TPSA) is 72.7 Å². The fourth-order valence-corrected chi connectivity index (χ4v) is 4.33. The summed E-state index contributed by atoms with van der Waals surface area (Å²) in [5.74, 6) is 0.976. The molecule has 0 aliphatic heterocycles. The lowest BCUT2D eigenvalue weighted by Gasteiger charge is -2.13. The molecule has 0 radical (unpaired) electrons. The molecule has 0 saturated heterocycles. The smallest absolute Gasteiger partial charge is 0.230 e. The highest BCUT2D eigenvalue weighted by Crippen LogP contribution is 2.31. The number of halogens is 2. The Bertz CT molecular complexity index is 1230. The molecule has 0 saturated carbocycles. The van der Waals surface area contributed by atoms with Gasteiger partial charge < -0.3 is 5.32 Å². The predicted octanol–water partition coefficient (Wildman–Crippen LogP) is 5.65. The van der Waals surface area contributed by atoms with E-state index in [9.17, 15) is 4.79 Å². The summed E-state index contributed by atoms with van der Waals surface area (Å²) in [6.45, 7) is 2.65. The Morgan fingerprint density at radius 1 is 1.03 bits per heavy atom. The zero-order valence-electron chi connectivity index (χ0n) is 17.8. The van der Waals surface area contributed by atoms with Gasteiger partial charge in [0.15, 0.2) is 11.0 Å². The minimum Gasteiger partial charge on any atom is -0.355 e. The quantitative estimate of drug-likeness (QED) is 0.318. The Labute approximate surface area is 206 Å². The Morgan fingerprint density at radius 3 is 2.52 bits per heavy atom. The SMILES string of the molecule is C[C@H](CNC(=O)CSc1nnc(-c2ccncc2)n1-c1ccc(Cl)c(Cl)c1)c1ccccc1. The molecule has 1 N–H and O–H groups in total. The molecule has 0 unspecified atom stereocenters. The van der Waals surface area contributed by atoms with E-state index in [-0.39, 0.29) is 17.6 Å². The lowest BCUT2D eigenvalue weighted by molar-refractivity contribution is -0.118. The summed E-state index contributed by atoms with van der Waals surface area (Å²) in [7, 11) is 0. The van der Waals surface area contributed by atoms with Crippen LogP contribution in [0.15, 0.2) is 78.2 Å². The molecule has 33 heavy (non-hydrogen) atoms. The number of pyridine rings is 1. The molecule has 0 aliphatic carbocycles. The lowest BCUT2D eigenvalue weighted by atomic mass is 10.0. The zero-order valence-corrected chi connectivity index (χ0v) is 20.1. The summed E-state index contributed by atoms with van der Waals surface area (Å²) in [5, 5.41) is 13.2. The molecular weight excluding hydrogens is 477 g/mol. The van der Waals surface area contributed by atoms with Gasteiger partial charge in [0, 0.05) is 24.5 Å². The number of aromatic nitrogens is 4. The molecule has 0 spiro atoms. The summed E-state index contributed by atoms with van der Waals surface area (Å²) in [5.41, 5.74) is 2.78. The monoisotopic (exact) mass is 497 g/mol. The largest absolute Gasteiger partial charge is 0.355 e. The molecule has 2 heterocycles. The number of carbonyl (C=O) groups is 1. The second-order valence-corrected chi connectivity index (χ2v) is 9.14. The summed E-state index contributed by atoms with van der Waals surface area (Å²) in [6.07, 6.45) is 3.38. The van der Waals surface area contributed by atoms with Crippen LogP contribution in [0.2, 0.25) is 10.0 Å². The number of carbonyl (C=O) groups excluding carboxylic acids is 1. The maximum Gasteiger partial charge on any atom is 0.230 e. The Kier molecular flexibility index (Phi) is 7.65. The molecular formula is C24H21Cl2N5OS. The van der Waals surface area contributed by atoms with Crippen molar-refractivity contribution in [3.05, 3.63) is 88.7 Å².